The van der Waals surface area contributed by atoms with Crippen LogP contribution in [0, 0.1) is 5.82 Å². The predicted octanol–water partition coefficient (Wildman–Crippen LogP) is 9.29. The lowest BCUT2D eigenvalue weighted by Gasteiger charge is -2.45. The van der Waals surface area contributed by atoms with Gasteiger partial charge in [-0.25, -0.2) is 23.6 Å². The van der Waals surface area contributed by atoms with Crippen LogP contribution in [0.5, 0.6) is 11.5 Å². The molecule has 350 valence electrons. The molecule has 6 aromatic carbocycles. The maximum Gasteiger partial charge on any atom is 0.338 e. The maximum absolute atomic E-state index is 16.6. The lowest BCUT2D eigenvalue weighted by atomic mass is 9.94. The van der Waals surface area contributed by atoms with E-state index in [4.69, 9.17) is 37.9 Å². The fourth-order valence-corrected chi connectivity index (χ4v) is 7.37. The van der Waals surface area contributed by atoms with Crippen molar-refractivity contribution >= 4 is 29.8 Å². The van der Waals surface area contributed by atoms with E-state index in [1.54, 1.807) is 109 Å². The van der Waals surface area contributed by atoms with E-state index in [1.807, 2.05) is 13.8 Å². The molecule has 0 saturated carbocycles. The Bertz CT molecular complexity index is 2660. The fourth-order valence-electron chi connectivity index (χ4n) is 7.37. The molecule has 0 N–H and O–H groups in total. The molecule has 0 aliphatic carbocycles. The van der Waals surface area contributed by atoms with E-state index in [0.29, 0.717) is 11.3 Å². The van der Waals surface area contributed by atoms with Gasteiger partial charge in [0.2, 0.25) is 12.4 Å². The molecule has 1 fully saturated rings. The van der Waals surface area contributed by atoms with Gasteiger partial charge in [-0.1, -0.05) is 84.9 Å². The lowest BCUT2D eigenvalue weighted by molar-refractivity contribution is -0.284. The topological polar surface area (TPSA) is 159 Å². The molecule has 0 bridgehead atoms. The van der Waals surface area contributed by atoms with Crippen LogP contribution in [0.15, 0.2) is 158 Å². The van der Waals surface area contributed by atoms with Gasteiger partial charge in [-0.05, 0) is 105 Å². The zero-order valence-electron chi connectivity index (χ0n) is 37.7. The van der Waals surface area contributed by atoms with Crippen molar-refractivity contribution in [3.8, 4) is 11.5 Å². The third-order valence-electron chi connectivity index (χ3n) is 10.6. The Balaban J connectivity index is 1.37. The zero-order valence-corrected chi connectivity index (χ0v) is 37.7. The molecular weight excluding hydrogens is 876 g/mol. The molecule has 0 unspecified atom stereocenters. The Morgan fingerprint density at radius 1 is 0.574 bits per heavy atom. The third-order valence-corrected chi connectivity index (χ3v) is 10.6. The molecule has 0 radical (unpaired) electrons. The standard InChI is InChI=1S/C54H49FO13/c1-33(2)62-42-27-25-36(26-28-42)29-43-44(55)30-37(32-61-35(4)56)31-45(43)64-54-49(67-53(60)41-23-15-8-16-24-41)48(66-52(59)40-21-13-7-14-22-40)47(65-51(58)39-19-11-6-12-20-39)46(68-54)34(3)63-50(57)38-17-9-5-10-18-38/h5-28,30-31,33-34,46-49,54H,29,32H2,1-4H3/t34-,46-,47-,48+,49-,54-/m1/s1. The Morgan fingerprint density at radius 2 is 1.04 bits per heavy atom. The summed E-state index contributed by atoms with van der Waals surface area (Å²) in [5.41, 5.74) is 1.33. The quantitative estimate of drug-likeness (QED) is 0.0630. The average molecular weight is 925 g/mol. The summed E-state index contributed by atoms with van der Waals surface area (Å²) in [7, 11) is 0. The van der Waals surface area contributed by atoms with Gasteiger partial charge in [-0.3, -0.25) is 4.79 Å². The van der Waals surface area contributed by atoms with Gasteiger partial charge in [0.25, 0.3) is 0 Å². The highest BCUT2D eigenvalue weighted by atomic mass is 19.1. The molecule has 14 heteroatoms. The van der Waals surface area contributed by atoms with E-state index in [0.717, 1.165) is 0 Å². The van der Waals surface area contributed by atoms with Crippen LogP contribution < -0.4 is 9.47 Å². The summed E-state index contributed by atoms with van der Waals surface area (Å²) >= 11 is 0. The smallest absolute Gasteiger partial charge is 0.338 e. The van der Waals surface area contributed by atoms with Crippen molar-refractivity contribution in [2.45, 2.75) is 83.6 Å². The Morgan fingerprint density at radius 3 is 1.53 bits per heavy atom. The van der Waals surface area contributed by atoms with Crippen molar-refractivity contribution in [3.63, 3.8) is 0 Å². The number of ether oxygens (including phenoxy) is 8. The first-order valence-electron chi connectivity index (χ1n) is 21.9. The van der Waals surface area contributed by atoms with Crippen molar-refractivity contribution in [1.29, 1.82) is 0 Å². The van der Waals surface area contributed by atoms with Crippen LogP contribution in [0.25, 0.3) is 0 Å². The summed E-state index contributed by atoms with van der Waals surface area (Å²) in [5.74, 6) is -4.38. The number of rotatable bonds is 17. The van der Waals surface area contributed by atoms with Crippen molar-refractivity contribution in [3.05, 3.63) is 202 Å². The maximum atomic E-state index is 16.6. The van der Waals surface area contributed by atoms with Crippen LogP contribution in [0.1, 0.15) is 85.8 Å². The fraction of sp³-hybridized carbons (Fsp3) is 0.241. The summed E-state index contributed by atoms with van der Waals surface area (Å²) in [4.78, 5) is 68.0. The van der Waals surface area contributed by atoms with Crippen LogP contribution in [0.2, 0.25) is 0 Å². The Hall–Kier alpha value is -7.84. The van der Waals surface area contributed by atoms with Crippen molar-refractivity contribution in [1.82, 2.24) is 0 Å². The van der Waals surface area contributed by atoms with Gasteiger partial charge < -0.3 is 37.9 Å². The third kappa shape index (κ3) is 12.5. The monoisotopic (exact) mass is 924 g/mol. The van der Waals surface area contributed by atoms with E-state index >= 15 is 4.39 Å². The van der Waals surface area contributed by atoms with E-state index in [9.17, 15) is 24.0 Å². The van der Waals surface area contributed by atoms with Crippen molar-refractivity contribution < 1.29 is 66.3 Å². The van der Waals surface area contributed by atoms with Gasteiger partial charge in [0.05, 0.1) is 28.4 Å². The van der Waals surface area contributed by atoms with E-state index < -0.39 is 72.5 Å². The molecule has 0 aromatic heterocycles. The van der Waals surface area contributed by atoms with Gasteiger partial charge in [0.15, 0.2) is 12.2 Å². The van der Waals surface area contributed by atoms with Gasteiger partial charge in [-0.2, -0.15) is 0 Å². The minimum atomic E-state index is -1.81. The summed E-state index contributed by atoms with van der Waals surface area (Å²) in [6, 6.07) is 41.6. The number of hydrogen-bond donors (Lipinski definition) is 0. The van der Waals surface area contributed by atoms with Crippen LogP contribution in [0.3, 0.4) is 0 Å². The highest BCUT2D eigenvalue weighted by Crippen LogP contribution is 2.37. The molecule has 1 saturated heterocycles. The number of hydrogen-bond acceptors (Lipinski definition) is 13. The Labute approximate surface area is 392 Å². The molecule has 13 nitrogen and oxygen atoms in total. The molecule has 1 heterocycles. The highest BCUT2D eigenvalue weighted by Gasteiger charge is 2.56. The second kappa shape index (κ2) is 22.6. The number of benzene rings is 6. The summed E-state index contributed by atoms with van der Waals surface area (Å²) in [6.07, 6.45) is -9.97. The van der Waals surface area contributed by atoms with Crippen molar-refractivity contribution in [2.75, 3.05) is 0 Å². The zero-order chi connectivity index (χ0) is 48.2. The van der Waals surface area contributed by atoms with Crippen molar-refractivity contribution in [2.24, 2.45) is 0 Å². The van der Waals surface area contributed by atoms with Crippen LogP contribution in [-0.4, -0.2) is 72.8 Å². The second-order valence-electron chi connectivity index (χ2n) is 16.1. The second-order valence-corrected chi connectivity index (χ2v) is 16.1. The molecule has 1 aliphatic heterocycles. The first-order valence-corrected chi connectivity index (χ1v) is 21.9. The average Bonchev–Trinajstić information content (AvgIpc) is 3.34. The summed E-state index contributed by atoms with van der Waals surface area (Å²) in [5, 5.41) is 0. The highest BCUT2D eigenvalue weighted by molar-refractivity contribution is 5.91. The minimum absolute atomic E-state index is 0.0152. The van der Waals surface area contributed by atoms with Crippen LogP contribution in [0.4, 0.5) is 4.39 Å². The first kappa shape index (κ1) is 48.1. The predicted molar refractivity (Wildman–Crippen MR) is 244 cm³/mol. The molecule has 68 heavy (non-hydrogen) atoms. The minimum Gasteiger partial charge on any atom is -0.491 e. The lowest BCUT2D eigenvalue weighted by Crippen LogP contribution is -2.65. The van der Waals surface area contributed by atoms with E-state index in [-0.39, 0.29) is 58.3 Å². The number of carbonyl (C=O) groups excluding carboxylic acids is 5. The molecular formula is C54H49FO13. The number of esters is 5. The van der Waals surface area contributed by atoms with Crippen LogP contribution >= 0.6 is 0 Å². The molecule has 6 atom stereocenters. The SMILES string of the molecule is CC(=O)OCc1cc(F)c(Cc2ccc(OC(C)C)cc2)c(O[C@@H]2O[C@H]([C@@H](C)OC(=O)c3ccccc3)[C@@H](OC(=O)c3ccccc3)[C@H](OC(=O)c3ccccc3)[C@H]2OC(=O)c2ccccc2)c1. The van der Waals surface area contributed by atoms with Crippen LogP contribution in [-0.2, 0) is 46.2 Å². The normalized spacial score (nSPS) is 18.1. The van der Waals surface area contributed by atoms with E-state index in [1.165, 1.54) is 62.4 Å². The van der Waals surface area contributed by atoms with E-state index in [2.05, 4.69) is 0 Å². The summed E-state index contributed by atoms with van der Waals surface area (Å²) < 4.78 is 65.6. The molecule has 6 aromatic rings. The van der Waals surface area contributed by atoms with Gasteiger partial charge in [0, 0.05) is 18.9 Å². The van der Waals surface area contributed by atoms with Gasteiger partial charge >= 0.3 is 29.8 Å². The number of carbonyl (C=O) groups is 5. The van der Waals surface area contributed by atoms with Gasteiger partial charge in [-0.15, -0.1) is 0 Å². The van der Waals surface area contributed by atoms with Gasteiger partial charge in [0.1, 0.15) is 36.1 Å². The molecule has 0 spiro atoms. The largest absolute Gasteiger partial charge is 0.491 e. The molecule has 7 rings (SSSR count). The molecule has 1 aliphatic rings. The number of halogens is 1. The summed E-state index contributed by atoms with van der Waals surface area (Å²) in [6.45, 7) is 6.13. The Kier molecular flexibility index (Phi) is 16.0. The first-order chi connectivity index (χ1) is 32.8. The molecule has 0 amide bonds.